The van der Waals surface area contributed by atoms with Gasteiger partial charge in [-0.2, -0.15) is 0 Å². The summed E-state index contributed by atoms with van der Waals surface area (Å²) >= 11 is 0. The van der Waals surface area contributed by atoms with E-state index in [1.54, 1.807) is 0 Å². The average Bonchev–Trinajstić information content (AvgIpc) is 2.92. The summed E-state index contributed by atoms with van der Waals surface area (Å²) in [7, 11) is 0. The lowest BCUT2D eigenvalue weighted by Gasteiger charge is -2.07. The molecule has 1 nitrogen and oxygen atoms in total. The third-order valence-electron chi connectivity index (χ3n) is 3.91. The molecule has 2 aliphatic carbocycles. The van der Waals surface area contributed by atoms with Crippen LogP contribution < -0.4 is 0 Å². The molecule has 3 atom stereocenters. The van der Waals surface area contributed by atoms with Crippen LogP contribution >= 0.6 is 0 Å². The number of rotatable bonds is 3. The van der Waals surface area contributed by atoms with Crippen LogP contribution in [-0.2, 0) is 0 Å². The van der Waals surface area contributed by atoms with Crippen molar-refractivity contribution >= 4 is 0 Å². The van der Waals surface area contributed by atoms with Crippen LogP contribution in [0, 0.1) is 29.6 Å². The van der Waals surface area contributed by atoms with E-state index < -0.39 is 0 Å². The third kappa shape index (κ3) is 1.96. The van der Waals surface area contributed by atoms with Crippen LogP contribution in [-0.4, -0.2) is 11.2 Å². The van der Waals surface area contributed by atoms with E-state index in [0.29, 0.717) is 5.92 Å². The average molecular weight is 192 g/mol. The summed E-state index contributed by atoms with van der Waals surface area (Å²) in [6.45, 7) is 1.86. The van der Waals surface area contributed by atoms with Crippen molar-refractivity contribution in [3.63, 3.8) is 0 Å². The zero-order valence-electron chi connectivity index (χ0n) is 9.00. The second kappa shape index (κ2) is 4.36. The van der Waals surface area contributed by atoms with E-state index in [9.17, 15) is 5.11 Å². The van der Waals surface area contributed by atoms with E-state index >= 15 is 0 Å². The first-order valence-electron chi connectivity index (χ1n) is 5.92. The molecule has 0 spiro atoms. The van der Waals surface area contributed by atoms with Gasteiger partial charge in [-0.25, -0.2) is 0 Å². The predicted octanol–water partition coefficient (Wildman–Crippen LogP) is 2.59. The first-order chi connectivity index (χ1) is 6.84. The Morgan fingerprint density at radius 3 is 2.50 bits per heavy atom. The zero-order chi connectivity index (χ0) is 9.97. The van der Waals surface area contributed by atoms with Gasteiger partial charge in [-0.1, -0.05) is 12.8 Å². The molecule has 0 aromatic heterocycles. The Morgan fingerprint density at radius 1 is 1.29 bits per heavy atom. The van der Waals surface area contributed by atoms with E-state index in [1.165, 1.54) is 25.7 Å². The van der Waals surface area contributed by atoms with Gasteiger partial charge in [-0.05, 0) is 43.9 Å². The van der Waals surface area contributed by atoms with Crippen molar-refractivity contribution in [3.05, 3.63) is 0 Å². The van der Waals surface area contributed by atoms with Gasteiger partial charge in [0.15, 0.2) is 0 Å². The second-order valence-corrected chi connectivity index (χ2v) is 4.72. The lowest BCUT2D eigenvalue weighted by atomic mass is 10.0. The minimum absolute atomic E-state index is 0.0658. The second-order valence-electron chi connectivity index (χ2n) is 4.72. The normalized spacial score (nSPS) is 36.6. The summed E-state index contributed by atoms with van der Waals surface area (Å²) in [6, 6.07) is 0. The predicted molar refractivity (Wildman–Crippen MR) is 57.6 cm³/mol. The highest BCUT2D eigenvalue weighted by Gasteiger charge is 2.53. The first-order valence-corrected chi connectivity index (χ1v) is 5.92. The number of aliphatic hydroxyl groups excluding tert-OH is 1. The van der Waals surface area contributed by atoms with Gasteiger partial charge in [0, 0.05) is 6.42 Å². The molecule has 78 valence electrons. The largest absolute Gasteiger partial charge is 0.393 e. The Kier molecular flexibility index (Phi) is 3.13. The van der Waals surface area contributed by atoms with Crippen LogP contribution in [0.5, 0.6) is 0 Å². The van der Waals surface area contributed by atoms with Crippen molar-refractivity contribution < 1.29 is 5.11 Å². The standard InChI is InChI=1S/C13H20O/c1-2-3-4-9-12(14)13-10-7-5-6-8-11(10)13/h10-14H,4-9H2,1H3. The number of aliphatic hydroxyl groups is 1. The molecule has 2 saturated carbocycles. The van der Waals surface area contributed by atoms with Gasteiger partial charge in [0.1, 0.15) is 0 Å². The fraction of sp³-hybridized carbons (Fsp3) is 0.846. The van der Waals surface area contributed by atoms with Crippen molar-refractivity contribution in [2.45, 2.75) is 51.6 Å². The smallest absolute Gasteiger partial charge is 0.0583 e. The Hall–Kier alpha value is -0.480. The van der Waals surface area contributed by atoms with Gasteiger partial charge in [0.2, 0.25) is 0 Å². The fourth-order valence-electron chi connectivity index (χ4n) is 3.16. The van der Waals surface area contributed by atoms with Crippen molar-refractivity contribution in [1.29, 1.82) is 0 Å². The van der Waals surface area contributed by atoms with Crippen LogP contribution in [0.2, 0.25) is 0 Å². The van der Waals surface area contributed by atoms with Gasteiger partial charge < -0.3 is 5.11 Å². The van der Waals surface area contributed by atoms with E-state index in [4.69, 9.17) is 0 Å². The molecule has 3 unspecified atom stereocenters. The zero-order valence-corrected chi connectivity index (χ0v) is 9.00. The van der Waals surface area contributed by atoms with E-state index in [1.807, 2.05) is 6.92 Å². The van der Waals surface area contributed by atoms with Gasteiger partial charge >= 0.3 is 0 Å². The van der Waals surface area contributed by atoms with E-state index in [2.05, 4.69) is 11.8 Å². The number of hydrogen-bond donors (Lipinski definition) is 1. The molecule has 0 radical (unpaired) electrons. The van der Waals surface area contributed by atoms with Gasteiger partial charge in [-0.3, -0.25) is 0 Å². The molecule has 0 bridgehead atoms. The molecule has 2 rings (SSSR count). The van der Waals surface area contributed by atoms with E-state index in [0.717, 1.165) is 24.7 Å². The molecule has 2 fully saturated rings. The number of hydrogen-bond acceptors (Lipinski definition) is 1. The van der Waals surface area contributed by atoms with Crippen LogP contribution in [0.15, 0.2) is 0 Å². The molecule has 0 aromatic rings. The summed E-state index contributed by atoms with van der Waals surface area (Å²) in [6.07, 6.45) is 7.20. The molecule has 0 heterocycles. The van der Waals surface area contributed by atoms with Crippen molar-refractivity contribution in [3.8, 4) is 11.8 Å². The molecule has 0 saturated heterocycles. The maximum atomic E-state index is 9.98. The monoisotopic (exact) mass is 192 g/mol. The topological polar surface area (TPSA) is 20.2 Å². The molecular weight excluding hydrogens is 172 g/mol. The third-order valence-corrected chi connectivity index (χ3v) is 3.91. The maximum Gasteiger partial charge on any atom is 0.0583 e. The minimum atomic E-state index is -0.0658. The fourth-order valence-corrected chi connectivity index (χ4v) is 3.16. The molecular formula is C13H20O. The first kappa shape index (κ1) is 10.1. The van der Waals surface area contributed by atoms with Gasteiger partial charge in [0.25, 0.3) is 0 Å². The highest BCUT2D eigenvalue weighted by Crippen LogP contribution is 2.57. The Labute approximate surface area is 86.9 Å². The van der Waals surface area contributed by atoms with Crippen LogP contribution in [0.4, 0.5) is 0 Å². The van der Waals surface area contributed by atoms with E-state index in [-0.39, 0.29) is 6.10 Å². The molecule has 2 aliphatic rings. The quantitative estimate of drug-likeness (QED) is 0.681. The van der Waals surface area contributed by atoms with Crippen molar-refractivity contribution in [2.24, 2.45) is 17.8 Å². The molecule has 1 heteroatoms. The van der Waals surface area contributed by atoms with Crippen LogP contribution in [0.3, 0.4) is 0 Å². The molecule has 14 heavy (non-hydrogen) atoms. The summed E-state index contributed by atoms with van der Waals surface area (Å²) in [5, 5.41) is 9.98. The lowest BCUT2D eigenvalue weighted by Crippen LogP contribution is -2.10. The number of fused-ring (bicyclic) bond motifs is 1. The summed E-state index contributed by atoms with van der Waals surface area (Å²) in [4.78, 5) is 0. The Bertz CT molecular complexity index is 236. The molecule has 0 aromatic carbocycles. The Balaban J connectivity index is 1.75. The summed E-state index contributed by atoms with van der Waals surface area (Å²) in [5.74, 6) is 8.29. The highest BCUT2D eigenvalue weighted by molar-refractivity contribution is 5.03. The van der Waals surface area contributed by atoms with Crippen LogP contribution in [0.1, 0.15) is 45.4 Å². The molecule has 0 amide bonds. The maximum absolute atomic E-state index is 9.98. The lowest BCUT2D eigenvalue weighted by molar-refractivity contribution is 0.132. The van der Waals surface area contributed by atoms with Gasteiger partial charge in [-0.15, -0.1) is 11.8 Å². The van der Waals surface area contributed by atoms with Crippen molar-refractivity contribution in [1.82, 2.24) is 0 Å². The highest BCUT2D eigenvalue weighted by atomic mass is 16.3. The minimum Gasteiger partial charge on any atom is -0.393 e. The van der Waals surface area contributed by atoms with Crippen molar-refractivity contribution in [2.75, 3.05) is 0 Å². The van der Waals surface area contributed by atoms with Crippen LogP contribution in [0.25, 0.3) is 0 Å². The SMILES string of the molecule is CC#CCCC(O)C1C2CCCCC21. The van der Waals surface area contributed by atoms with Gasteiger partial charge in [0.05, 0.1) is 6.10 Å². The summed E-state index contributed by atoms with van der Waals surface area (Å²) < 4.78 is 0. The molecule has 1 N–H and O–H groups in total. The molecule has 0 aliphatic heterocycles. The Morgan fingerprint density at radius 2 is 1.93 bits per heavy atom. The summed E-state index contributed by atoms with van der Waals surface area (Å²) in [5.41, 5.74) is 0.